The number of piperidine rings is 1. The second-order valence-corrected chi connectivity index (χ2v) is 9.48. The third-order valence-corrected chi connectivity index (χ3v) is 6.87. The molecule has 2 aromatic heterocycles. The van der Waals surface area contributed by atoms with Crippen LogP contribution >= 0.6 is 0 Å². The molecule has 0 amide bonds. The number of carbonyl (C=O) groups excluding carboxylic acids is 1. The number of nitrogens with zero attached hydrogens (tertiary/aromatic N) is 4. The Labute approximate surface area is 216 Å². The average Bonchev–Trinajstić information content (AvgIpc) is 3.26. The first kappa shape index (κ1) is 24.9. The molecule has 192 valence electrons. The molecule has 1 aliphatic heterocycles. The number of aromatic nitrogens is 3. The van der Waals surface area contributed by atoms with E-state index in [9.17, 15) is 9.90 Å². The van der Waals surface area contributed by atoms with E-state index in [1.54, 1.807) is 13.0 Å². The van der Waals surface area contributed by atoms with Gasteiger partial charge in [0.2, 0.25) is 0 Å². The molecule has 8 nitrogen and oxygen atoms in total. The van der Waals surface area contributed by atoms with Crippen LogP contribution in [0.25, 0.3) is 5.65 Å². The van der Waals surface area contributed by atoms with Gasteiger partial charge in [-0.2, -0.15) is 0 Å². The van der Waals surface area contributed by atoms with E-state index >= 15 is 0 Å². The smallest absolute Gasteiger partial charge is 0.154 e. The van der Waals surface area contributed by atoms with Crippen molar-refractivity contribution in [3.8, 4) is 0 Å². The zero-order chi connectivity index (χ0) is 25.6. The largest absolute Gasteiger partial charge is 0.543 e. The summed E-state index contributed by atoms with van der Waals surface area (Å²) in [7, 11) is 0. The molecule has 0 spiro atoms. The second-order valence-electron chi connectivity index (χ2n) is 9.48. The normalized spacial score (nSPS) is 14.9. The van der Waals surface area contributed by atoms with E-state index in [0.29, 0.717) is 17.2 Å². The molecule has 4 aromatic rings. The number of aromatic carboxylic acids is 1. The van der Waals surface area contributed by atoms with Gasteiger partial charge >= 0.3 is 0 Å². The molecular formula is C29H32N5O3-. The van der Waals surface area contributed by atoms with E-state index in [4.69, 9.17) is 4.74 Å². The molecule has 0 saturated carbocycles. The van der Waals surface area contributed by atoms with Crippen LogP contribution in [0.2, 0.25) is 0 Å². The van der Waals surface area contributed by atoms with Gasteiger partial charge in [-0.15, -0.1) is 5.10 Å². The maximum atomic E-state index is 11.4. The molecule has 0 aliphatic carbocycles. The number of ether oxygens (including phenoxy) is 1. The predicted octanol–water partition coefficient (Wildman–Crippen LogP) is 3.47. The van der Waals surface area contributed by atoms with Crippen molar-refractivity contribution in [1.29, 1.82) is 0 Å². The van der Waals surface area contributed by atoms with Crippen LogP contribution in [0.3, 0.4) is 0 Å². The number of imidazole rings is 1. The zero-order valence-corrected chi connectivity index (χ0v) is 21.0. The number of hydrogen-bond donors (Lipinski definition) is 1. The predicted molar refractivity (Wildman–Crippen MR) is 140 cm³/mol. The van der Waals surface area contributed by atoms with Crippen LogP contribution in [0.1, 0.15) is 52.7 Å². The Hall–Kier alpha value is -3.75. The molecule has 1 aliphatic rings. The molecule has 0 radical (unpaired) electrons. The van der Waals surface area contributed by atoms with E-state index in [2.05, 4.69) is 68.8 Å². The fraction of sp³-hybridized carbons (Fsp3) is 0.345. The summed E-state index contributed by atoms with van der Waals surface area (Å²) in [5.41, 5.74) is 3.26. The number of rotatable bonds is 10. The fourth-order valence-corrected chi connectivity index (χ4v) is 4.96. The number of benzene rings is 2. The minimum atomic E-state index is -1.28. The van der Waals surface area contributed by atoms with Crippen LogP contribution in [0.5, 0.6) is 0 Å². The maximum Gasteiger partial charge on any atom is 0.154 e. The number of carboxylic acid groups (broad SMARTS) is 1. The van der Waals surface area contributed by atoms with Crippen molar-refractivity contribution in [3.63, 3.8) is 0 Å². The van der Waals surface area contributed by atoms with Crippen molar-refractivity contribution in [2.45, 2.75) is 38.4 Å². The highest BCUT2D eigenvalue weighted by Crippen LogP contribution is 2.30. The van der Waals surface area contributed by atoms with Crippen molar-refractivity contribution < 1.29 is 14.6 Å². The van der Waals surface area contributed by atoms with E-state index in [1.165, 1.54) is 15.6 Å². The summed E-state index contributed by atoms with van der Waals surface area (Å²) in [6, 6.07) is 24.5. The number of likely N-dealkylation sites (tertiary alicyclic amines) is 1. The highest BCUT2D eigenvalue weighted by atomic mass is 16.5. The SMILES string of the molecule is Cc1nc2ccc(NCCCN3CCC(OC(c4ccccc4)c4ccccc4)CC3)nn2c1C(=O)[O-]. The monoisotopic (exact) mass is 498 g/mol. The standard InChI is InChI=1S/C29H33N5O3/c1-21-27(29(35)36)34-26(31-21)14-13-25(32-34)30-17-8-18-33-19-15-24(16-20-33)37-28(22-9-4-2-5-10-22)23-11-6-3-7-12-23/h2-7,9-14,24,28H,8,15-20H2,1H3,(H,30,32)(H,35,36)/p-1. The number of hydrogen-bond acceptors (Lipinski definition) is 7. The highest BCUT2D eigenvalue weighted by molar-refractivity contribution is 5.86. The molecule has 0 bridgehead atoms. The first-order valence-corrected chi connectivity index (χ1v) is 12.9. The van der Waals surface area contributed by atoms with Gasteiger partial charge in [0.15, 0.2) is 5.65 Å². The van der Waals surface area contributed by atoms with Gasteiger partial charge in [-0.25, -0.2) is 9.50 Å². The van der Waals surface area contributed by atoms with Crippen LogP contribution in [0.15, 0.2) is 72.8 Å². The Morgan fingerprint density at radius 1 is 1.03 bits per heavy atom. The highest BCUT2D eigenvalue weighted by Gasteiger charge is 2.24. The van der Waals surface area contributed by atoms with E-state index in [-0.39, 0.29) is 17.9 Å². The van der Waals surface area contributed by atoms with Crippen LogP contribution in [0, 0.1) is 6.92 Å². The van der Waals surface area contributed by atoms with Gasteiger partial charge in [-0.05, 0) is 56.0 Å². The molecule has 8 heteroatoms. The molecule has 1 saturated heterocycles. The van der Waals surface area contributed by atoms with Gasteiger partial charge in [-0.1, -0.05) is 60.7 Å². The lowest BCUT2D eigenvalue weighted by Crippen LogP contribution is -2.38. The topological polar surface area (TPSA) is 94.8 Å². The second kappa shape index (κ2) is 11.5. The Balaban J connectivity index is 1.10. The summed E-state index contributed by atoms with van der Waals surface area (Å²) < 4.78 is 7.99. The lowest BCUT2D eigenvalue weighted by Gasteiger charge is -2.34. The maximum absolute atomic E-state index is 11.4. The first-order chi connectivity index (χ1) is 18.1. The minimum Gasteiger partial charge on any atom is -0.543 e. The lowest BCUT2D eigenvalue weighted by molar-refractivity contribution is -0.255. The van der Waals surface area contributed by atoms with Crippen LogP contribution < -0.4 is 10.4 Å². The van der Waals surface area contributed by atoms with Crippen LogP contribution in [-0.2, 0) is 4.74 Å². The molecule has 5 rings (SSSR count). The summed E-state index contributed by atoms with van der Waals surface area (Å²) in [5, 5.41) is 19.1. The average molecular weight is 499 g/mol. The molecule has 3 heterocycles. The van der Waals surface area contributed by atoms with E-state index in [0.717, 1.165) is 45.4 Å². The van der Waals surface area contributed by atoms with Crippen molar-refractivity contribution in [3.05, 3.63) is 95.3 Å². The number of nitrogens with one attached hydrogen (secondary N) is 1. The summed E-state index contributed by atoms with van der Waals surface area (Å²) in [4.78, 5) is 18.1. The summed E-state index contributed by atoms with van der Waals surface area (Å²) >= 11 is 0. The molecule has 1 N–H and O–H groups in total. The molecule has 0 unspecified atom stereocenters. The molecule has 37 heavy (non-hydrogen) atoms. The Morgan fingerprint density at radius 3 is 2.30 bits per heavy atom. The minimum absolute atomic E-state index is 0.00879. The Morgan fingerprint density at radius 2 is 1.68 bits per heavy atom. The van der Waals surface area contributed by atoms with Gasteiger partial charge in [-0.3, -0.25) is 0 Å². The molecular weight excluding hydrogens is 466 g/mol. The van der Waals surface area contributed by atoms with Gasteiger partial charge in [0.05, 0.1) is 17.8 Å². The van der Waals surface area contributed by atoms with Crippen LogP contribution in [-0.4, -0.2) is 57.8 Å². The third-order valence-electron chi connectivity index (χ3n) is 6.87. The van der Waals surface area contributed by atoms with Gasteiger partial charge in [0.1, 0.15) is 17.6 Å². The quantitative estimate of drug-likeness (QED) is 0.335. The summed E-state index contributed by atoms with van der Waals surface area (Å²) in [6.07, 6.45) is 3.15. The van der Waals surface area contributed by atoms with Crippen molar-refractivity contribution in [2.75, 3.05) is 31.5 Å². The van der Waals surface area contributed by atoms with Gasteiger partial charge in [0.25, 0.3) is 0 Å². The summed E-state index contributed by atoms with van der Waals surface area (Å²) in [6.45, 7) is 5.39. The summed E-state index contributed by atoms with van der Waals surface area (Å²) in [5.74, 6) is -0.659. The zero-order valence-electron chi connectivity index (χ0n) is 21.0. The van der Waals surface area contributed by atoms with E-state index in [1.807, 2.05) is 18.2 Å². The Kier molecular flexibility index (Phi) is 7.77. The third kappa shape index (κ3) is 5.98. The Bertz CT molecular complexity index is 1280. The van der Waals surface area contributed by atoms with Gasteiger partial charge < -0.3 is 24.9 Å². The van der Waals surface area contributed by atoms with Crippen molar-refractivity contribution in [1.82, 2.24) is 19.5 Å². The number of anilines is 1. The van der Waals surface area contributed by atoms with Crippen molar-refractivity contribution >= 4 is 17.4 Å². The number of aryl methyl sites for hydroxylation is 1. The molecule has 1 fully saturated rings. The van der Waals surface area contributed by atoms with Gasteiger partial charge in [0, 0.05) is 19.6 Å². The van der Waals surface area contributed by atoms with Crippen molar-refractivity contribution in [2.24, 2.45) is 0 Å². The number of carbonyl (C=O) groups is 1. The first-order valence-electron chi connectivity index (χ1n) is 12.9. The molecule has 2 aromatic carbocycles. The van der Waals surface area contributed by atoms with E-state index < -0.39 is 5.97 Å². The fourth-order valence-electron chi connectivity index (χ4n) is 4.96. The number of carboxylic acids is 1. The molecule has 0 atom stereocenters. The lowest BCUT2D eigenvalue weighted by atomic mass is 10.00. The van der Waals surface area contributed by atoms with Crippen LogP contribution in [0.4, 0.5) is 5.82 Å². The number of fused-ring (bicyclic) bond motifs is 1.